The van der Waals surface area contributed by atoms with Gasteiger partial charge in [-0.25, -0.2) is 0 Å². The Morgan fingerprint density at radius 1 is 0.474 bits per heavy atom. The van der Waals surface area contributed by atoms with E-state index in [2.05, 4.69) is 99.0 Å². The Morgan fingerprint density at radius 3 is 1.40 bits per heavy atom. The molecule has 1 amide bonds. The van der Waals surface area contributed by atoms with Crippen LogP contribution in [0.2, 0.25) is 0 Å². The predicted molar refractivity (Wildman–Crippen MR) is 334 cm³/mol. The summed E-state index contributed by atoms with van der Waals surface area (Å²) in [6.07, 6.45) is 81.0. The van der Waals surface area contributed by atoms with Crippen LogP contribution >= 0.6 is 7.82 Å². The number of hydrogen-bond donors (Lipinski definition) is 1. The minimum absolute atomic E-state index is 0.0423. The van der Waals surface area contributed by atoms with Crippen molar-refractivity contribution in [2.24, 2.45) is 0 Å². The summed E-state index contributed by atoms with van der Waals surface area (Å²) in [7, 11) is 1.12. The average molecular weight is 1100 g/mol. The van der Waals surface area contributed by atoms with Gasteiger partial charge in [0.05, 0.1) is 33.8 Å². The van der Waals surface area contributed by atoms with Crippen molar-refractivity contribution in [3.63, 3.8) is 0 Å². The Morgan fingerprint density at radius 2 is 0.885 bits per heavy atom. The molecule has 0 fully saturated rings. The van der Waals surface area contributed by atoms with Gasteiger partial charge in [-0.15, -0.1) is 0 Å². The molecule has 0 aliphatic rings. The highest BCUT2D eigenvalue weighted by atomic mass is 31.2. The summed E-state index contributed by atoms with van der Waals surface area (Å²) < 4.78 is 30.3. The number of carbonyl (C=O) groups excluding carboxylic acids is 2. The van der Waals surface area contributed by atoms with Crippen LogP contribution < -0.4 is 10.2 Å². The summed E-state index contributed by atoms with van der Waals surface area (Å²) in [5.74, 6) is -0.617. The van der Waals surface area contributed by atoms with E-state index < -0.39 is 26.6 Å². The van der Waals surface area contributed by atoms with Gasteiger partial charge in [0, 0.05) is 12.8 Å². The van der Waals surface area contributed by atoms with Crippen LogP contribution in [0.3, 0.4) is 0 Å². The van der Waals surface area contributed by atoms with Crippen LogP contribution in [0.25, 0.3) is 0 Å². The zero-order valence-corrected chi connectivity index (χ0v) is 51.2. The molecule has 0 heterocycles. The highest BCUT2D eigenvalue weighted by molar-refractivity contribution is 7.45. The van der Waals surface area contributed by atoms with E-state index in [1.165, 1.54) is 70.6 Å². The molecule has 0 rings (SSSR count). The van der Waals surface area contributed by atoms with Crippen molar-refractivity contribution in [3.05, 3.63) is 146 Å². The first kappa shape index (κ1) is 73.9. The average Bonchev–Trinajstić information content (AvgIpc) is 3.40. The minimum atomic E-state index is -4.73. The van der Waals surface area contributed by atoms with Gasteiger partial charge in [-0.3, -0.25) is 14.2 Å². The van der Waals surface area contributed by atoms with Gasteiger partial charge in [0.25, 0.3) is 7.82 Å². The van der Waals surface area contributed by atoms with Gasteiger partial charge >= 0.3 is 5.97 Å². The molecule has 0 aromatic rings. The maximum atomic E-state index is 13.5. The summed E-state index contributed by atoms with van der Waals surface area (Å²) >= 11 is 0. The van der Waals surface area contributed by atoms with Gasteiger partial charge in [-0.2, -0.15) is 0 Å². The maximum Gasteiger partial charge on any atom is 0.306 e. The first-order valence-corrected chi connectivity index (χ1v) is 32.2. The van der Waals surface area contributed by atoms with E-state index in [1.54, 1.807) is 0 Å². The second-order valence-corrected chi connectivity index (χ2v) is 22.7. The van der Waals surface area contributed by atoms with E-state index in [0.717, 1.165) is 103 Å². The Hall–Kier alpha value is -4.11. The number of allylic oxidation sites excluding steroid dienone is 23. The lowest BCUT2D eigenvalue weighted by Gasteiger charge is -2.30. The van der Waals surface area contributed by atoms with Crippen LogP contribution in [0, 0.1) is 0 Å². The van der Waals surface area contributed by atoms with Crippen LogP contribution in [0.4, 0.5) is 0 Å². The van der Waals surface area contributed by atoms with Crippen LogP contribution in [0.15, 0.2) is 146 Å². The molecule has 3 atom stereocenters. The Kier molecular flexibility index (Phi) is 53.2. The molecule has 0 aliphatic carbocycles. The normalized spacial score (nSPS) is 14.7. The highest BCUT2D eigenvalue weighted by Crippen LogP contribution is 2.38. The summed E-state index contributed by atoms with van der Waals surface area (Å²) in [6.45, 7) is 6.51. The molecule has 0 saturated heterocycles. The SMILES string of the molecule is CC\C=C/C=C/C=C/C=C\C=C\C=C\CCCCCC(=O)NC(COP(=O)([O-])OCC[N+](C)(C)C)C(/C=C\CCCCCCCCCCCC)OC(=O)CCCCCCCCC/C=C\C/C=C\C/C=C\C/C=C\C/C=C\CC. The fourth-order valence-corrected chi connectivity index (χ4v) is 8.71. The second-order valence-electron chi connectivity index (χ2n) is 21.2. The monoisotopic (exact) mass is 1100 g/mol. The summed E-state index contributed by atoms with van der Waals surface area (Å²) in [6, 6.07) is -0.928. The maximum absolute atomic E-state index is 13.5. The number of quaternary nitrogens is 1. The number of carbonyl (C=O) groups is 2. The van der Waals surface area contributed by atoms with E-state index >= 15 is 0 Å². The molecular formula is C68H113N2O7P. The van der Waals surface area contributed by atoms with Gasteiger partial charge in [-0.05, 0) is 96.0 Å². The minimum Gasteiger partial charge on any atom is -0.756 e. The van der Waals surface area contributed by atoms with Gasteiger partial charge in [0.15, 0.2) is 0 Å². The third-order valence-corrected chi connectivity index (χ3v) is 13.6. The molecular weight excluding hydrogens is 988 g/mol. The topological polar surface area (TPSA) is 114 Å². The zero-order valence-electron chi connectivity index (χ0n) is 50.3. The van der Waals surface area contributed by atoms with Crippen molar-refractivity contribution in [2.75, 3.05) is 40.9 Å². The number of rotatable bonds is 53. The fraction of sp³-hybridized carbons (Fsp3) is 0.618. The number of hydrogen-bond acceptors (Lipinski definition) is 7. The summed E-state index contributed by atoms with van der Waals surface area (Å²) in [4.78, 5) is 40.0. The van der Waals surface area contributed by atoms with Gasteiger partial charge < -0.3 is 28.5 Å². The lowest BCUT2D eigenvalue weighted by molar-refractivity contribution is -0.870. The van der Waals surface area contributed by atoms with E-state index in [0.29, 0.717) is 23.9 Å². The number of likely N-dealkylation sites (N-methyl/N-ethyl adjacent to an activating group) is 1. The van der Waals surface area contributed by atoms with Crippen LogP contribution in [-0.4, -0.2) is 69.4 Å². The molecule has 0 radical (unpaired) electrons. The lowest BCUT2D eigenvalue weighted by atomic mass is 10.0. The first-order chi connectivity index (χ1) is 37.9. The van der Waals surface area contributed by atoms with Gasteiger partial charge in [0.2, 0.25) is 5.91 Å². The van der Waals surface area contributed by atoms with Crippen molar-refractivity contribution in [2.45, 2.75) is 232 Å². The van der Waals surface area contributed by atoms with E-state index in [-0.39, 0.29) is 31.3 Å². The number of phosphoric ester groups is 1. The quantitative estimate of drug-likeness (QED) is 0.0161. The molecule has 442 valence electrons. The number of phosphoric acid groups is 1. The molecule has 0 aromatic heterocycles. The summed E-state index contributed by atoms with van der Waals surface area (Å²) in [5.41, 5.74) is 0. The molecule has 0 spiro atoms. The number of nitrogens with one attached hydrogen (secondary N) is 1. The Balaban J connectivity index is 5.35. The fourth-order valence-electron chi connectivity index (χ4n) is 7.99. The van der Waals surface area contributed by atoms with Gasteiger partial charge in [0.1, 0.15) is 19.3 Å². The molecule has 0 aromatic carbocycles. The molecule has 1 N–H and O–H groups in total. The molecule has 3 unspecified atom stereocenters. The van der Waals surface area contributed by atoms with Crippen molar-refractivity contribution in [1.82, 2.24) is 5.32 Å². The van der Waals surface area contributed by atoms with Gasteiger partial charge in [-0.1, -0.05) is 257 Å². The Bertz CT molecular complexity index is 1840. The van der Waals surface area contributed by atoms with Crippen molar-refractivity contribution < 1.29 is 37.3 Å². The smallest absolute Gasteiger partial charge is 0.306 e. The predicted octanol–water partition coefficient (Wildman–Crippen LogP) is 18.4. The van der Waals surface area contributed by atoms with Crippen LogP contribution in [0.5, 0.6) is 0 Å². The third-order valence-electron chi connectivity index (χ3n) is 12.7. The number of unbranched alkanes of at least 4 members (excludes halogenated alkanes) is 20. The summed E-state index contributed by atoms with van der Waals surface area (Å²) in [5, 5.41) is 2.99. The largest absolute Gasteiger partial charge is 0.756 e. The highest BCUT2D eigenvalue weighted by Gasteiger charge is 2.27. The van der Waals surface area contributed by atoms with Crippen LogP contribution in [0.1, 0.15) is 220 Å². The van der Waals surface area contributed by atoms with Crippen molar-refractivity contribution >= 4 is 19.7 Å². The van der Waals surface area contributed by atoms with Crippen LogP contribution in [-0.2, 0) is 27.9 Å². The number of amides is 1. The molecule has 78 heavy (non-hydrogen) atoms. The standard InChI is InChI=1S/C68H113N2O7P/c1-7-10-13-16-19-22-25-28-30-32-33-34-35-36-37-39-41-43-46-49-52-55-58-61-68(72)77-66(59-56-53-50-47-44-27-24-21-18-15-12-9-3)65(64-76-78(73,74)75-63-62-70(4,5)6)69-67(71)60-57-54-51-48-45-42-40-38-31-29-26-23-20-17-14-11-8-2/h10-11,13-14,17,19-20,22-23,26,28-31,33-34,36-38,40,42,45,56,59,65-66H,7-9,12,15-16,18,21,24-25,27,32,35,39,41,43-44,46-55,57-58,60-64H2,1-6H3,(H-,69,71,73,74)/b13-10-,14-11-,20-17+,22-19-,26-23+,30-28-,31-29-,34-33-,37-36-,40-38+,45-42+,59-56-. The van der Waals surface area contributed by atoms with E-state index in [9.17, 15) is 19.0 Å². The number of ether oxygens (including phenoxy) is 1. The second kappa shape index (κ2) is 56.2. The van der Waals surface area contributed by atoms with Crippen molar-refractivity contribution in [1.29, 1.82) is 0 Å². The molecule has 0 saturated carbocycles. The van der Waals surface area contributed by atoms with Crippen molar-refractivity contribution in [3.8, 4) is 0 Å². The molecule has 0 bridgehead atoms. The zero-order chi connectivity index (χ0) is 57.2. The number of esters is 1. The first-order valence-electron chi connectivity index (χ1n) is 30.7. The Labute approximate surface area is 478 Å². The molecule has 0 aliphatic heterocycles. The van der Waals surface area contributed by atoms with E-state index in [4.69, 9.17) is 13.8 Å². The molecule has 10 heteroatoms. The number of nitrogens with zero attached hydrogens (tertiary/aromatic N) is 1. The third kappa shape index (κ3) is 56.6. The lowest BCUT2D eigenvalue weighted by Crippen LogP contribution is -2.47. The van der Waals surface area contributed by atoms with E-state index in [1.807, 2.05) is 94.1 Å². The molecule has 9 nitrogen and oxygen atoms in total.